The Morgan fingerprint density at radius 3 is 2.69 bits per heavy atom. The Hall–Kier alpha value is -3.22. The lowest BCUT2D eigenvalue weighted by Gasteiger charge is -2.18. The molecule has 7 heteroatoms. The topological polar surface area (TPSA) is 92.3 Å². The Bertz CT molecular complexity index is 1020. The number of benzene rings is 2. The van der Waals surface area contributed by atoms with Crippen LogP contribution in [0.25, 0.3) is 10.8 Å². The lowest BCUT2D eigenvalue weighted by Crippen LogP contribution is -2.24. The number of hydrazone groups is 1. The van der Waals surface area contributed by atoms with Gasteiger partial charge in [0.2, 0.25) is 0 Å². The molecule has 3 rings (SSSR count). The van der Waals surface area contributed by atoms with Gasteiger partial charge in [-0.15, -0.1) is 0 Å². The molecular weight excluding hydrogens is 330 g/mol. The molecule has 2 aromatic carbocycles. The minimum Gasteiger partial charge on any atom is -0.496 e. The number of ether oxygens (including phenoxy) is 1. The van der Waals surface area contributed by atoms with Gasteiger partial charge in [0.25, 0.3) is 0 Å². The lowest BCUT2D eigenvalue weighted by atomic mass is 9.92. The predicted molar refractivity (Wildman–Crippen MR) is 103 cm³/mol. The molecule has 2 N–H and O–H groups in total. The van der Waals surface area contributed by atoms with Crippen LogP contribution in [0.2, 0.25) is 0 Å². The van der Waals surface area contributed by atoms with Gasteiger partial charge in [0.15, 0.2) is 5.82 Å². The summed E-state index contributed by atoms with van der Waals surface area (Å²) in [7, 11) is 1.62. The van der Waals surface area contributed by atoms with Gasteiger partial charge < -0.3 is 4.74 Å². The van der Waals surface area contributed by atoms with Crippen molar-refractivity contribution in [3.05, 3.63) is 58.1 Å². The molecular formula is C19H21N5O2. The molecule has 3 aromatic rings. The van der Waals surface area contributed by atoms with E-state index in [-0.39, 0.29) is 5.41 Å². The highest BCUT2D eigenvalue weighted by Gasteiger charge is 2.21. The van der Waals surface area contributed by atoms with Crippen LogP contribution in [0.15, 0.2) is 46.3 Å². The Morgan fingerprint density at radius 1 is 1.19 bits per heavy atom. The van der Waals surface area contributed by atoms with Gasteiger partial charge in [-0.2, -0.15) is 15.2 Å². The molecule has 0 saturated carbocycles. The van der Waals surface area contributed by atoms with Crippen molar-refractivity contribution >= 4 is 22.8 Å². The van der Waals surface area contributed by atoms with E-state index in [2.05, 4.69) is 25.7 Å². The molecule has 26 heavy (non-hydrogen) atoms. The summed E-state index contributed by atoms with van der Waals surface area (Å²) < 4.78 is 5.45. The Kier molecular flexibility index (Phi) is 4.71. The summed E-state index contributed by atoms with van der Waals surface area (Å²) in [6.45, 7) is 5.95. The molecule has 0 aliphatic carbocycles. The van der Waals surface area contributed by atoms with E-state index in [1.165, 1.54) is 0 Å². The normalized spacial score (nSPS) is 11.8. The summed E-state index contributed by atoms with van der Waals surface area (Å²) in [6, 6.07) is 11.9. The van der Waals surface area contributed by atoms with E-state index in [1.54, 1.807) is 13.3 Å². The monoisotopic (exact) mass is 351 g/mol. The zero-order valence-corrected chi connectivity index (χ0v) is 15.2. The highest BCUT2D eigenvalue weighted by molar-refractivity contribution is 6.02. The molecule has 0 bridgehead atoms. The molecule has 0 spiro atoms. The van der Waals surface area contributed by atoms with Crippen LogP contribution in [0.5, 0.6) is 5.75 Å². The maximum absolute atomic E-state index is 11.5. The van der Waals surface area contributed by atoms with E-state index in [0.29, 0.717) is 17.3 Å². The van der Waals surface area contributed by atoms with E-state index in [9.17, 15) is 4.79 Å². The van der Waals surface area contributed by atoms with E-state index >= 15 is 0 Å². The average molecular weight is 351 g/mol. The summed E-state index contributed by atoms with van der Waals surface area (Å²) in [5, 5.41) is 12.8. The molecule has 0 aliphatic rings. The molecule has 0 radical (unpaired) electrons. The van der Waals surface area contributed by atoms with Crippen LogP contribution in [-0.2, 0) is 5.41 Å². The van der Waals surface area contributed by atoms with Crippen molar-refractivity contribution < 1.29 is 4.74 Å². The van der Waals surface area contributed by atoms with Gasteiger partial charge in [0.05, 0.1) is 13.3 Å². The van der Waals surface area contributed by atoms with E-state index in [1.807, 2.05) is 57.2 Å². The zero-order valence-electron chi connectivity index (χ0n) is 15.2. The highest BCUT2D eigenvalue weighted by atomic mass is 16.5. The van der Waals surface area contributed by atoms with Crippen molar-refractivity contribution in [2.45, 2.75) is 26.2 Å². The van der Waals surface area contributed by atoms with Crippen molar-refractivity contribution in [1.29, 1.82) is 0 Å². The first-order chi connectivity index (χ1) is 12.4. The van der Waals surface area contributed by atoms with Crippen molar-refractivity contribution in [3.63, 3.8) is 0 Å². The number of aromatic amines is 1. The number of rotatable bonds is 4. The van der Waals surface area contributed by atoms with Crippen LogP contribution < -0.4 is 15.9 Å². The quantitative estimate of drug-likeness (QED) is 0.557. The molecule has 0 fully saturated rings. The predicted octanol–water partition coefficient (Wildman–Crippen LogP) is 3.07. The summed E-state index contributed by atoms with van der Waals surface area (Å²) >= 11 is 0. The third kappa shape index (κ3) is 3.56. The third-order valence-corrected chi connectivity index (χ3v) is 3.93. The van der Waals surface area contributed by atoms with Crippen LogP contribution in [0, 0.1) is 0 Å². The van der Waals surface area contributed by atoms with Crippen molar-refractivity contribution in [2.24, 2.45) is 5.10 Å². The second-order valence-electron chi connectivity index (χ2n) is 6.86. The van der Waals surface area contributed by atoms with Crippen LogP contribution in [0.1, 0.15) is 32.0 Å². The standard InChI is InChI=1S/C19H21N5O2/c1-19(2,3)16-17(21-18(25)24-22-16)23-20-11-14-13-8-6-5-7-12(13)9-10-15(14)26-4/h5-11H,1-4H3,(H2,21,23,24,25)/b20-11+. The molecule has 7 nitrogen and oxygen atoms in total. The van der Waals surface area contributed by atoms with Gasteiger partial charge in [0.1, 0.15) is 11.4 Å². The molecule has 0 amide bonds. The zero-order chi connectivity index (χ0) is 18.7. The van der Waals surface area contributed by atoms with E-state index < -0.39 is 5.69 Å². The molecule has 1 heterocycles. The van der Waals surface area contributed by atoms with Crippen LogP contribution in [0.4, 0.5) is 5.82 Å². The first kappa shape index (κ1) is 17.6. The fourth-order valence-corrected chi connectivity index (χ4v) is 2.68. The molecule has 0 atom stereocenters. The van der Waals surface area contributed by atoms with Crippen LogP contribution in [0.3, 0.4) is 0 Å². The van der Waals surface area contributed by atoms with E-state index in [0.717, 1.165) is 16.3 Å². The lowest BCUT2D eigenvalue weighted by molar-refractivity contribution is 0.415. The van der Waals surface area contributed by atoms with Gasteiger partial charge in [-0.25, -0.2) is 9.89 Å². The smallest absolute Gasteiger partial charge is 0.363 e. The number of methoxy groups -OCH3 is 1. The summed E-state index contributed by atoms with van der Waals surface area (Å²) in [5.74, 6) is 1.04. The number of H-pyrrole nitrogens is 1. The third-order valence-electron chi connectivity index (χ3n) is 3.93. The number of nitrogens with one attached hydrogen (secondary N) is 2. The SMILES string of the molecule is COc1ccc2ccccc2c1/C=N/Nc1nc(=O)[nH]nc1C(C)(C)C. The van der Waals surface area contributed by atoms with Gasteiger partial charge in [-0.1, -0.05) is 51.1 Å². The molecule has 1 aromatic heterocycles. The number of fused-ring (bicyclic) bond motifs is 1. The van der Waals surface area contributed by atoms with Crippen molar-refractivity contribution in [3.8, 4) is 5.75 Å². The second-order valence-corrected chi connectivity index (χ2v) is 6.86. The Labute approximate surface area is 151 Å². The summed E-state index contributed by atoms with van der Waals surface area (Å²) in [6.07, 6.45) is 1.66. The first-order valence-corrected chi connectivity index (χ1v) is 8.22. The number of hydrogen-bond acceptors (Lipinski definition) is 6. The van der Waals surface area contributed by atoms with E-state index in [4.69, 9.17) is 4.74 Å². The molecule has 0 aliphatic heterocycles. The number of anilines is 1. The highest BCUT2D eigenvalue weighted by Crippen LogP contribution is 2.27. The maximum atomic E-state index is 11.5. The summed E-state index contributed by atoms with van der Waals surface area (Å²) in [5.41, 5.74) is 3.48. The summed E-state index contributed by atoms with van der Waals surface area (Å²) in [4.78, 5) is 15.5. The van der Waals surface area contributed by atoms with Crippen molar-refractivity contribution in [1.82, 2.24) is 15.2 Å². The molecule has 0 unspecified atom stereocenters. The van der Waals surface area contributed by atoms with Crippen LogP contribution >= 0.6 is 0 Å². The maximum Gasteiger partial charge on any atom is 0.363 e. The number of aromatic nitrogens is 3. The average Bonchev–Trinajstić information content (AvgIpc) is 2.60. The second kappa shape index (κ2) is 6.95. The minimum absolute atomic E-state index is 0.299. The Morgan fingerprint density at radius 2 is 1.96 bits per heavy atom. The van der Waals surface area contributed by atoms with Gasteiger partial charge >= 0.3 is 5.69 Å². The van der Waals surface area contributed by atoms with Crippen LogP contribution in [-0.4, -0.2) is 28.5 Å². The largest absolute Gasteiger partial charge is 0.496 e. The van der Waals surface area contributed by atoms with Crippen molar-refractivity contribution in [2.75, 3.05) is 12.5 Å². The molecule has 134 valence electrons. The number of hydrogen-bond donors (Lipinski definition) is 2. The van der Waals surface area contributed by atoms with Gasteiger partial charge in [-0.3, -0.25) is 5.43 Å². The fraction of sp³-hybridized carbons (Fsp3) is 0.263. The fourth-order valence-electron chi connectivity index (χ4n) is 2.68. The molecule has 0 saturated heterocycles. The van der Waals surface area contributed by atoms with Gasteiger partial charge in [0, 0.05) is 11.0 Å². The first-order valence-electron chi connectivity index (χ1n) is 8.22. The minimum atomic E-state index is -0.529. The number of nitrogens with zero attached hydrogens (tertiary/aromatic N) is 3. The van der Waals surface area contributed by atoms with Gasteiger partial charge in [-0.05, 0) is 16.8 Å². The Balaban J connectivity index is 1.99.